The van der Waals surface area contributed by atoms with Crippen LogP contribution in [0.3, 0.4) is 0 Å². The van der Waals surface area contributed by atoms with Gasteiger partial charge < -0.3 is 15.2 Å². The van der Waals surface area contributed by atoms with Crippen molar-refractivity contribution in [1.82, 2.24) is 5.32 Å². The van der Waals surface area contributed by atoms with Crippen molar-refractivity contribution in [1.29, 1.82) is 0 Å². The van der Waals surface area contributed by atoms with Gasteiger partial charge in [-0.25, -0.2) is 0 Å². The van der Waals surface area contributed by atoms with Crippen LogP contribution in [0.5, 0.6) is 0 Å². The molecule has 1 aliphatic carbocycles. The zero-order chi connectivity index (χ0) is 11.1. The minimum Gasteiger partial charge on any atom is -0.371 e. The van der Waals surface area contributed by atoms with Gasteiger partial charge in [0.15, 0.2) is 0 Å². The van der Waals surface area contributed by atoms with Crippen molar-refractivity contribution < 1.29 is 9.84 Å². The fourth-order valence-corrected chi connectivity index (χ4v) is 2.42. The first-order chi connectivity index (χ1) is 7.22. The predicted molar refractivity (Wildman–Crippen MR) is 61.7 cm³/mol. The van der Waals surface area contributed by atoms with E-state index in [0.29, 0.717) is 12.6 Å². The van der Waals surface area contributed by atoms with E-state index in [1.807, 2.05) is 0 Å². The lowest BCUT2D eigenvalue weighted by Gasteiger charge is -2.40. The van der Waals surface area contributed by atoms with Crippen molar-refractivity contribution >= 4 is 0 Å². The van der Waals surface area contributed by atoms with Crippen molar-refractivity contribution in [3.8, 4) is 0 Å². The van der Waals surface area contributed by atoms with Gasteiger partial charge in [0, 0.05) is 11.6 Å². The topological polar surface area (TPSA) is 41.5 Å². The highest BCUT2D eigenvalue weighted by atomic mass is 16.6. The summed E-state index contributed by atoms with van der Waals surface area (Å²) in [6.45, 7) is 4.90. The van der Waals surface area contributed by atoms with Gasteiger partial charge in [0.2, 0.25) is 0 Å². The summed E-state index contributed by atoms with van der Waals surface area (Å²) in [6.07, 6.45) is 7.38. The second kappa shape index (κ2) is 6.46. The highest BCUT2D eigenvalue weighted by molar-refractivity contribution is 4.92. The average Bonchev–Trinajstić information content (AvgIpc) is 2.27. The molecule has 0 aromatic carbocycles. The molecule has 15 heavy (non-hydrogen) atoms. The number of aliphatic hydroxyl groups excluding tert-OH is 1. The summed E-state index contributed by atoms with van der Waals surface area (Å²) < 4.78 is 5.21. The lowest BCUT2D eigenvalue weighted by molar-refractivity contribution is -0.0404. The fourth-order valence-electron chi connectivity index (χ4n) is 2.42. The van der Waals surface area contributed by atoms with Crippen LogP contribution in [0.15, 0.2) is 0 Å². The third-order valence-electron chi connectivity index (χ3n) is 3.45. The monoisotopic (exact) mass is 215 g/mol. The molecule has 1 saturated carbocycles. The van der Waals surface area contributed by atoms with Crippen molar-refractivity contribution in [2.24, 2.45) is 0 Å². The smallest absolute Gasteiger partial charge is 0.143 e. The van der Waals surface area contributed by atoms with Gasteiger partial charge in [-0.2, -0.15) is 0 Å². The Labute approximate surface area is 93.2 Å². The number of ether oxygens (including phenoxy) is 1. The summed E-state index contributed by atoms with van der Waals surface area (Å²) in [5.41, 5.74) is 0.121. The number of aliphatic hydroxyl groups is 1. The van der Waals surface area contributed by atoms with Gasteiger partial charge >= 0.3 is 0 Å². The van der Waals surface area contributed by atoms with Crippen LogP contribution in [0.2, 0.25) is 0 Å². The summed E-state index contributed by atoms with van der Waals surface area (Å²) in [5.74, 6) is 0. The third-order valence-corrected chi connectivity index (χ3v) is 3.45. The second-order valence-corrected chi connectivity index (χ2v) is 4.77. The van der Waals surface area contributed by atoms with E-state index in [2.05, 4.69) is 19.2 Å². The highest BCUT2D eigenvalue weighted by Gasteiger charge is 2.32. The third kappa shape index (κ3) is 4.09. The summed E-state index contributed by atoms with van der Waals surface area (Å²) in [5, 5.41) is 12.4. The number of rotatable bonds is 6. The number of hydrogen-bond donors (Lipinski definition) is 2. The van der Waals surface area contributed by atoms with Crippen LogP contribution in [-0.2, 0) is 4.74 Å². The minimum absolute atomic E-state index is 0.121. The van der Waals surface area contributed by atoms with Crippen molar-refractivity contribution in [2.75, 3.05) is 13.4 Å². The Morgan fingerprint density at radius 1 is 1.33 bits per heavy atom. The molecule has 3 nitrogen and oxygen atoms in total. The molecule has 1 aliphatic rings. The van der Waals surface area contributed by atoms with E-state index in [4.69, 9.17) is 9.84 Å². The molecule has 2 N–H and O–H groups in total. The van der Waals surface area contributed by atoms with Gasteiger partial charge in [0.25, 0.3) is 0 Å². The molecule has 0 bridgehead atoms. The maximum Gasteiger partial charge on any atom is 0.143 e. The van der Waals surface area contributed by atoms with Gasteiger partial charge in [-0.05, 0) is 26.2 Å². The van der Waals surface area contributed by atoms with Crippen LogP contribution >= 0.6 is 0 Å². The Kier molecular flexibility index (Phi) is 5.58. The van der Waals surface area contributed by atoms with Gasteiger partial charge in [-0.1, -0.05) is 26.2 Å². The van der Waals surface area contributed by atoms with Crippen molar-refractivity contribution in [3.05, 3.63) is 0 Å². The summed E-state index contributed by atoms with van der Waals surface area (Å²) in [6, 6.07) is 0.533. The molecular formula is C12H25NO2. The molecule has 1 atom stereocenters. The van der Waals surface area contributed by atoms with Crippen LogP contribution in [0.1, 0.15) is 52.4 Å². The molecule has 0 aliphatic heterocycles. The van der Waals surface area contributed by atoms with Gasteiger partial charge in [-0.15, -0.1) is 0 Å². The molecule has 0 spiro atoms. The Morgan fingerprint density at radius 3 is 2.53 bits per heavy atom. The van der Waals surface area contributed by atoms with E-state index in [-0.39, 0.29) is 12.3 Å². The van der Waals surface area contributed by atoms with Crippen LogP contribution in [-0.4, -0.2) is 30.1 Å². The van der Waals surface area contributed by atoms with Crippen molar-refractivity contribution in [2.45, 2.75) is 64.0 Å². The van der Waals surface area contributed by atoms with Gasteiger partial charge in [0.05, 0.1) is 6.61 Å². The standard InChI is InChI=1S/C12H25NO2/c1-3-11(2)13-12(9-15-10-14)7-5-4-6-8-12/h11,13-14H,3-10H2,1-2H3. The number of nitrogens with one attached hydrogen (secondary N) is 1. The second-order valence-electron chi connectivity index (χ2n) is 4.77. The molecule has 90 valence electrons. The fraction of sp³-hybridized carbons (Fsp3) is 1.00. The van der Waals surface area contributed by atoms with Gasteiger partial charge in [-0.3, -0.25) is 0 Å². The first-order valence-corrected chi connectivity index (χ1v) is 6.19. The first kappa shape index (κ1) is 12.9. The maximum absolute atomic E-state index is 8.75. The summed E-state index contributed by atoms with van der Waals surface area (Å²) in [4.78, 5) is 0. The van der Waals surface area contributed by atoms with E-state index in [1.165, 1.54) is 32.1 Å². The van der Waals surface area contributed by atoms with E-state index in [9.17, 15) is 0 Å². The summed E-state index contributed by atoms with van der Waals surface area (Å²) >= 11 is 0. The first-order valence-electron chi connectivity index (χ1n) is 6.19. The van der Waals surface area contributed by atoms with E-state index in [0.717, 1.165) is 6.42 Å². The van der Waals surface area contributed by atoms with Crippen LogP contribution in [0.25, 0.3) is 0 Å². The van der Waals surface area contributed by atoms with Crippen molar-refractivity contribution in [3.63, 3.8) is 0 Å². The van der Waals surface area contributed by atoms with E-state index < -0.39 is 0 Å². The largest absolute Gasteiger partial charge is 0.371 e. The lowest BCUT2D eigenvalue weighted by Crippen LogP contribution is -2.53. The SMILES string of the molecule is CCC(C)NC1(COCO)CCCCC1. The Morgan fingerprint density at radius 2 is 2.00 bits per heavy atom. The lowest BCUT2D eigenvalue weighted by atomic mass is 9.81. The quantitative estimate of drug-likeness (QED) is 0.666. The molecule has 0 heterocycles. The Hall–Kier alpha value is -0.120. The molecule has 0 aromatic heterocycles. The van der Waals surface area contributed by atoms with Gasteiger partial charge in [0.1, 0.15) is 6.79 Å². The molecule has 1 fully saturated rings. The average molecular weight is 215 g/mol. The van der Waals surface area contributed by atoms with E-state index >= 15 is 0 Å². The normalized spacial score (nSPS) is 22.6. The molecule has 0 saturated heterocycles. The zero-order valence-corrected chi connectivity index (χ0v) is 10.1. The Bertz CT molecular complexity index is 167. The van der Waals surface area contributed by atoms with E-state index in [1.54, 1.807) is 0 Å². The molecule has 1 unspecified atom stereocenters. The molecule has 3 heteroatoms. The van der Waals surface area contributed by atoms with Crippen LogP contribution < -0.4 is 5.32 Å². The highest BCUT2D eigenvalue weighted by Crippen LogP contribution is 2.29. The Balaban J connectivity index is 2.49. The minimum atomic E-state index is -0.163. The molecule has 0 amide bonds. The molecule has 0 radical (unpaired) electrons. The predicted octanol–water partition coefficient (Wildman–Crippen LogP) is 2.04. The molecule has 0 aromatic rings. The molecule has 1 rings (SSSR count). The molecular weight excluding hydrogens is 190 g/mol. The van der Waals surface area contributed by atoms with Crippen LogP contribution in [0, 0.1) is 0 Å². The van der Waals surface area contributed by atoms with Crippen LogP contribution in [0.4, 0.5) is 0 Å². The maximum atomic E-state index is 8.75. The zero-order valence-electron chi connectivity index (χ0n) is 10.1. The number of hydrogen-bond acceptors (Lipinski definition) is 3. The summed E-state index contributed by atoms with van der Waals surface area (Å²) in [7, 11) is 0.